The highest BCUT2D eigenvalue weighted by molar-refractivity contribution is 5.95. The molecule has 1 fully saturated rings. The van der Waals surface area contributed by atoms with Crippen molar-refractivity contribution in [3.05, 3.63) is 59.9 Å². The van der Waals surface area contributed by atoms with Gasteiger partial charge < -0.3 is 14.6 Å². The smallest absolute Gasteiger partial charge is 0.258 e. The van der Waals surface area contributed by atoms with Crippen molar-refractivity contribution in [2.75, 3.05) is 39.4 Å². The van der Waals surface area contributed by atoms with E-state index in [2.05, 4.69) is 20.4 Å². The Morgan fingerprint density at radius 1 is 1.10 bits per heavy atom. The molecule has 0 spiro atoms. The van der Waals surface area contributed by atoms with Crippen LogP contribution in [0.1, 0.15) is 10.4 Å². The first-order valence-electron chi connectivity index (χ1n) is 9.47. The zero-order valence-corrected chi connectivity index (χ0v) is 15.8. The van der Waals surface area contributed by atoms with Crippen LogP contribution >= 0.6 is 0 Å². The van der Waals surface area contributed by atoms with Crippen molar-refractivity contribution in [2.45, 2.75) is 0 Å². The highest BCUT2D eigenvalue weighted by atomic mass is 19.1. The summed E-state index contributed by atoms with van der Waals surface area (Å²) in [4.78, 5) is 19.0. The van der Waals surface area contributed by atoms with E-state index in [-0.39, 0.29) is 17.6 Å². The fourth-order valence-electron chi connectivity index (χ4n) is 3.13. The summed E-state index contributed by atoms with van der Waals surface area (Å²) in [7, 11) is 0. The monoisotopic (exact) mass is 396 g/mol. The summed E-state index contributed by atoms with van der Waals surface area (Å²) in [5, 5.41) is 6.84. The van der Waals surface area contributed by atoms with E-state index in [1.807, 2.05) is 0 Å². The maximum atomic E-state index is 13.4. The van der Waals surface area contributed by atoms with Gasteiger partial charge in [0.15, 0.2) is 0 Å². The molecule has 8 heteroatoms. The molecule has 29 heavy (non-hydrogen) atoms. The van der Waals surface area contributed by atoms with Crippen LogP contribution in [0.25, 0.3) is 22.8 Å². The van der Waals surface area contributed by atoms with Crippen LogP contribution in [-0.2, 0) is 4.74 Å². The highest BCUT2D eigenvalue weighted by Crippen LogP contribution is 2.23. The molecule has 4 rings (SSSR count). The van der Waals surface area contributed by atoms with E-state index in [1.54, 1.807) is 36.4 Å². The van der Waals surface area contributed by atoms with Crippen molar-refractivity contribution in [1.82, 2.24) is 20.4 Å². The molecule has 2 heterocycles. The van der Waals surface area contributed by atoms with Crippen molar-refractivity contribution in [3.63, 3.8) is 0 Å². The minimum Gasteiger partial charge on any atom is -0.379 e. The van der Waals surface area contributed by atoms with Crippen LogP contribution in [0.15, 0.2) is 53.1 Å². The number of morpholine rings is 1. The minimum atomic E-state index is -0.371. The van der Waals surface area contributed by atoms with E-state index < -0.39 is 0 Å². The van der Waals surface area contributed by atoms with Crippen molar-refractivity contribution in [2.24, 2.45) is 0 Å². The van der Waals surface area contributed by atoms with Crippen LogP contribution in [0.5, 0.6) is 0 Å². The van der Waals surface area contributed by atoms with Gasteiger partial charge in [-0.2, -0.15) is 4.98 Å². The predicted molar refractivity (Wildman–Crippen MR) is 105 cm³/mol. The molecule has 1 aliphatic heterocycles. The Labute approximate surface area is 167 Å². The summed E-state index contributed by atoms with van der Waals surface area (Å²) in [6, 6.07) is 13.0. The molecule has 1 N–H and O–H groups in total. The van der Waals surface area contributed by atoms with Crippen LogP contribution in [0.4, 0.5) is 4.39 Å². The maximum Gasteiger partial charge on any atom is 0.258 e. The van der Waals surface area contributed by atoms with Gasteiger partial charge in [0.1, 0.15) is 5.82 Å². The molecule has 2 aromatic carbocycles. The Hall–Kier alpha value is -3.10. The van der Waals surface area contributed by atoms with Gasteiger partial charge >= 0.3 is 0 Å². The molecule has 0 saturated carbocycles. The Balaban J connectivity index is 1.41. The van der Waals surface area contributed by atoms with Crippen molar-refractivity contribution < 1.29 is 18.4 Å². The van der Waals surface area contributed by atoms with E-state index >= 15 is 0 Å². The minimum absolute atomic E-state index is 0.162. The Morgan fingerprint density at radius 2 is 1.90 bits per heavy atom. The van der Waals surface area contributed by atoms with Gasteiger partial charge in [-0.1, -0.05) is 23.4 Å². The molecule has 0 radical (unpaired) electrons. The summed E-state index contributed by atoms with van der Waals surface area (Å²) >= 11 is 0. The molecule has 1 amide bonds. The van der Waals surface area contributed by atoms with Crippen molar-refractivity contribution >= 4 is 5.91 Å². The van der Waals surface area contributed by atoms with Gasteiger partial charge in [0.25, 0.3) is 11.8 Å². The molecule has 0 unspecified atom stereocenters. The van der Waals surface area contributed by atoms with E-state index in [0.29, 0.717) is 29.1 Å². The summed E-state index contributed by atoms with van der Waals surface area (Å²) in [5.41, 5.74) is 1.66. The number of carbonyl (C=O) groups is 1. The van der Waals surface area contributed by atoms with Crippen LogP contribution in [-0.4, -0.2) is 60.3 Å². The lowest BCUT2D eigenvalue weighted by molar-refractivity contribution is 0.0383. The topological polar surface area (TPSA) is 80.5 Å². The lowest BCUT2D eigenvalue weighted by Crippen LogP contribution is -2.41. The summed E-state index contributed by atoms with van der Waals surface area (Å²) < 4.78 is 24.0. The number of hydrogen-bond acceptors (Lipinski definition) is 6. The molecule has 7 nitrogen and oxygen atoms in total. The number of hydrogen-bond donors (Lipinski definition) is 1. The normalized spacial score (nSPS) is 14.7. The third kappa shape index (κ3) is 4.85. The highest BCUT2D eigenvalue weighted by Gasteiger charge is 2.14. The van der Waals surface area contributed by atoms with Crippen molar-refractivity contribution in [3.8, 4) is 22.8 Å². The Kier molecular flexibility index (Phi) is 5.92. The molecule has 0 atom stereocenters. The van der Waals surface area contributed by atoms with Gasteiger partial charge in [0, 0.05) is 42.9 Å². The summed E-state index contributed by atoms with van der Waals surface area (Å²) in [6.07, 6.45) is 0. The number of benzene rings is 2. The standard InChI is InChI=1S/C21H21FN4O3/c22-18-6-2-3-15(14-18)19-24-21(29-25-19)17-5-1-4-16(13-17)20(27)23-7-8-26-9-11-28-12-10-26/h1-6,13-14H,7-12H2,(H,23,27). The molecule has 0 aliphatic carbocycles. The summed E-state index contributed by atoms with van der Waals surface area (Å²) in [6.45, 7) is 4.59. The fourth-order valence-corrected chi connectivity index (χ4v) is 3.13. The first-order valence-corrected chi connectivity index (χ1v) is 9.47. The second kappa shape index (κ2) is 8.93. The zero-order chi connectivity index (χ0) is 20.1. The van der Waals surface area contributed by atoms with Crippen LogP contribution < -0.4 is 5.32 Å². The van der Waals surface area contributed by atoms with Crippen LogP contribution in [0, 0.1) is 5.82 Å². The lowest BCUT2D eigenvalue weighted by atomic mass is 10.1. The summed E-state index contributed by atoms with van der Waals surface area (Å²) in [5.74, 6) is 0.0293. The van der Waals surface area contributed by atoms with E-state index in [9.17, 15) is 9.18 Å². The number of ether oxygens (including phenoxy) is 1. The second-order valence-corrected chi connectivity index (χ2v) is 6.72. The Bertz CT molecular complexity index is 985. The number of halogens is 1. The maximum absolute atomic E-state index is 13.4. The molecule has 1 aliphatic rings. The number of rotatable bonds is 6. The van der Waals surface area contributed by atoms with Gasteiger partial charge in [-0.15, -0.1) is 0 Å². The predicted octanol–water partition coefficient (Wildman–Crippen LogP) is 2.60. The molecule has 0 bridgehead atoms. The first kappa shape index (κ1) is 19.2. The van der Waals surface area contributed by atoms with E-state index in [4.69, 9.17) is 9.26 Å². The SMILES string of the molecule is O=C(NCCN1CCOCC1)c1cccc(-c2nc(-c3cccc(F)c3)no2)c1. The van der Waals surface area contributed by atoms with E-state index in [1.165, 1.54) is 12.1 Å². The average molecular weight is 396 g/mol. The van der Waals surface area contributed by atoms with Gasteiger partial charge in [-0.3, -0.25) is 9.69 Å². The molecule has 1 aromatic heterocycles. The molecule has 150 valence electrons. The number of nitrogens with one attached hydrogen (secondary N) is 1. The fraction of sp³-hybridized carbons (Fsp3) is 0.286. The molecular weight excluding hydrogens is 375 g/mol. The van der Waals surface area contributed by atoms with Gasteiger partial charge in [-0.05, 0) is 30.3 Å². The number of nitrogens with zero attached hydrogens (tertiary/aromatic N) is 3. The van der Waals surface area contributed by atoms with Gasteiger partial charge in [0.05, 0.1) is 13.2 Å². The molecule has 3 aromatic rings. The lowest BCUT2D eigenvalue weighted by Gasteiger charge is -2.26. The Morgan fingerprint density at radius 3 is 2.72 bits per heavy atom. The first-order chi connectivity index (χ1) is 14.2. The van der Waals surface area contributed by atoms with E-state index in [0.717, 1.165) is 32.8 Å². The molecule has 1 saturated heterocycles. The third-order valence-electron chi connectivity index (χ3n) is 4.70. The van der Waals surface area contributed by atoms with Crippen LogP contribution in [0.2, 0.25) is 0 Å². The second-order valence-electron chi connectivity index (χ2n) is 6.72. The quantitative estimate of drug-likeness (QED) is 0.690. The van der Waals surface area contributed by atoms with Crippen molar-refractivity contribution in [1.29, 1.82) is 0 Å². The number of aromatic nitrogens is 2. The van der Waals surface area contributed by atoms with Gasteiger partial charge in [-0.25, -0.2) is 4.39 Å². The molecular formula is C21H21FN4O3. The zero-order valence-electron chi connectivity index (χ0n) is 15.8. The van der Waals surface area contributed by atoms with Crippen LogP contribution in [0.3, 0.4) is 0 Å². The number of amides is 1. The average Bonchev–Trinajstić information content (AvgIpc) is 3.25. The third-order valence-corrected chi connectivity index (χ3v) is 4.70. The van der Waals surface area contributed by atoms with Gasteiger partial charge in [0.2, 0.25) is 5.82 Å². The number of carbonyl (C=O) groups excluding carboxylic acids is 1. The largest absolute Gasteiger partial charge is 0.379 e.